The number of nitrogens with two attached hydrogens (primary N) is 2. The largest absolute Gasteiger partial charge is 0.354 e. The summed E-state index contributed by atoms with van der Waals surface area (Å²) < 4.78 is 0. The maximum atomic E-state index is 14.4. The summed E-state index contributed by atoms with van der Waals surface area (Å²) in [5, 5.41) is 16.0. The number of hydrogen-bond donors (Lipinski definition) is 6. The molecule has 0 aliphatic heterocycles. The van der Waals surface area contributed by atoms with Crippen molar-refractivity contribution in [2.24, 2.45) is 11.5 Å². The Labute approximate surface area is 317 Å². The summed E-state index contributed by atoms with van der Waals surface area (Å²) in [6, 6.07) is 34.3. The highest BCUT2D eigenvalue weighted by Gasteiger charge is 2.30. The van der Waals surface area contributed by atoms with Crippen molar-refractivity contribution in [3.05, 3.63) is 132 Å². The van der Waals surface area contributed by atoms with Gasteiger partial charge in [0, 0.05) is 32.2 Å². The summed E-state index contributed by atoms with van der Waals surface area (Å²) in [7, 11) is 0. The fourth-order valence-electron chi connectivity index (χ4n) is 6.53. The fourth-order valence-corrected chi connectivity index (χ4v) is 6.53. The van der Waals surface area contributed by atoms with Crippen molar-refractivity contribution in [2.75, 3.05) is 19.6 Å². The molecule has 282 valence electrons. The van der Waals surface area contributed by atoms with Crippen LogP contribution >= 0.6 is 0 Å². The summed E-state index contributed by atoms with van der Waals surface area (Å²) in [6.45, 7) is 1.41. The van der Waals surface area contributed by atoms with Crippen LogP contribution in [-0.4, -0.2) is 61.4 Å². The molecule has 0 bridgehead atoms. The number of nitrogens with one attached hydrogen (secondary N) is 4. The molecule has 0 spiro atoms. The van der Waals surface area contributed by atoms with Gasteiger partial charge in [0.15, 0.2) is 0 Å². The van der Waals surface area contributed by atoms with Gasteiger partial charge in [-0.3, -0.25) is 19.2 Å². The Morgan fingerprint density at radius 2 is 0.926 bits per heavy atom. The van der Waals surface area contributed by atoms with Gasteiger partial charge < -0.3 is 32.7 Å². The topological polar surface area (TPSA) is 168 Å². The maximum Gasteiger partial charge on any atom is 0.243 e. The lowest BCUT2D eigenvalue weighted by Crippen LogP contribution is -2.58. The molecule has 0 heterocycles. The first-order valence-electron chi connectivity index (χ1n) is 18.9. The van der Waals surface area contributed by atoms with Crippen LogP contribution in [0.5, 0.6) is 0 Å². The minimum atomic E-state index is -1.06. The van der Waals surface area contributed by atoms with Gasteiger partial charge in [-0.2, -0.15) is 0 Å². The fraction of sp³-hybridized carbons (Fsp3) is 0.318. The van der Waals surface area contributed by atoms with Gasteiger partial charge in [0.1, 0.15) is 18.1 Å². The third kappa shape index (κ3) is 12.0. The minimum absolute atomic E-state index is 0.158. The second kappa shape index (κ2) is 20.6. The van der Waals surface area contributed by atoms with Crippen molar-refractivity contribution >= 4 is 45.2 Å². The molecule has 0 radical (unpaired) electrons. The molecule has 5 rings (SSSR count). The van der Waals surface area contributed by atoms with Crippen LogP contribution < -0.4 is 32.7 Å². The normalized spacial score (nSPS) is 12.8. The van der Waals surface area contributed by atoms with E-state index in [1.165, 1.54) is 0 Å². The highest BCUT2D eigenvalue weighted by molar-refractivity contribution is 5.95. The van der Waals surface area contributed by atoms with Crippen molar-refractivity contribution in [1.29, 1.82) is 0 Å². The van der Waals surface area contributed by atoms with Gasteiger partial charge >= 0.3 is 0 Å². The van der Waals surface area contributed by atoms with E-state index in [-0.39, 0.29) is 37.5 Å². The van der Waals surface area contributed by atoms with Crippen LogP contribution in [0.25, 0.3) is 21.5 Å². The number of carbonyl (C=O) groups is 4. The molecule has 10 nitrogen and oxygen atoms in total. The molecule has 0 aliphatic carbocycles. The van der Waals surface area contributed by atoms with Gasteiger partial charge in [0.05, 0.1) is 0 Å². The molecule has 0 unspecified atom stereocenters. The molecule has 0 fully saturated rings. The molecule has 8 N–H and O–H groups in total. The van der Waals surface area contributed by atoms with Gasteiger partial charge in [-0.25, -0.2) is 0 Å². The van der Waals surface area contributed by atoms with E-state index in [4.69, 9.17) is 11.5 Å². The molecule has 0 saturated carbocycles. The van der Waals surface area contributed by atoms with Crippen LogP contribution in [0.1, 0.15) is 48.8 Å². The summed E-state index contributed by atoms with van der Waals surface area (Å²) in [4.78, 5) is 55.2. The number of benzene rings is 5. The Morgan fingerprint density at radius 3 is 1.48 bits per heavy atom. The maximum absolute atomic E-state index is 14.4. The van der Waals surface area contributed by atoms with E-state index in [9.17, 15) is 19.2 Å². The number of carbonyl (C=O) groups excluding carboxylic acids is 4. The Morgan fingerprint density at radius 1 is 0.463 bits per heavy atom. The van der Waals surface area contributed by atoms with Crippen LogP contribution in [0, 0.1) is 0 Å². The van der Waals surface area contributed by atoms with Gasteiger partial charge in [0.25, 0.3) is 0 Å². The van der Waals surface area contributed by atoms with Gasteiger partial charge in [0.2, 0.25) is 23.6 Å². The lowest BCUT2D eigenvalue weighted by atomic mass is 9.98. The van der Waals surface area contributed by atoms with E-state index in [2.05, 4.69) is 21.3 Å². The van der Waals surface area contributed by atoms with E-state index in [0.29, 0.717) is 38.9 Å². The Bertz CT molecular complexity index is 2000. The zero-order valence-electron chi connectivity index (χ0n) is 30.8. The standard InChI is InChI=1S/C44H52N6O4/c45-23-9-8-18-41(51)48-39(28-31-12-2-1-3-13-31)43(53)50-40(30-33-20-22-35-15-5-7-17-37(35)27-33)44(54)49-38(42(52)47-25-11-10-24-46)29-32-19-21-34-14-4-6-16-36(34)26-32/h1-7,12-17,19-22,26-27,38-40H,8-11,18,23-25,28-30,45-46H2,(H,47,52)(H,48,51)(H,49,54)(H,50,53)/t38-,39+,40-/m0/s1. The molecule has 5 aromatic carbocycles. The number of fused-ring (bicyclic) bond motifs is 2. The summed E-state index contributed by atoms with van der Waals surface area (Å²) >= 11 is 0. The van der Waals surface area contributed by atoms with Crippen molar-refractivity contribution in [1.82, 2.24) is 21.3 Å². The van der Waals surface area contributed by atoms with Crippen LogP contribution in [0.15, 0.2) is 115 Å². The van der Waals surface area contributed by atoms with Gasteiger partial charge in [-0.05, 0) is 77.0 Å². The predicted molar refractivity (Wildman–Crippen MR) is 215 cm³/mol. The number of hydrogen-bond acceptors (Lipinski definition) is 6. The molecule has 0 aliphatic rings. The Kier molecular flexibility index (Phi) is 15.1. The first-order chi connectivity index (χ1) is 26.3. The number of rotatable bonds is 20. The molecular weight excluding hydrogens is 677 g/mol. The lowest BCUT2D eigenvalue weighted by molar-refractivity contribution is -0.133. The van der Waals surface area contributed by atoms with E-state index in [1.54, 1.807) is 0 Å². The van der Waals surface area contributed by atoms with Gasteiger partial charge in [-0.15, -0.1) is 0 Å². The number of unbranched alkanes of at least 4 members (excludes halogenated alkanes) is 2. The van der Waals surface area contributed by atoms with E-state index >= 15 is 0 Å². The molecule has 4 amide bonds. The average molecular weight is 729 g/mol. The lowest BCUT2D eigenvalue weighted by Gasteiger charge is -2.26. The van der Waals surface area contributed by atoms with Crippen LogP contribution in [0.4, 0.5) is 0 Å². The Hall–Kier alpha value is -5.58. The van der Waals surface area contributed by atoms with E-state index in [0.717, 1.165) is 44.7 Å². The quantitative estimate of drug-likeness (QED) is 0.0648. The summed E-state index contributed by atoms with van der Waals surface area (Å²) in [6.07, 6.45) is 3.62. The van der Waals surface area contributed by atoms with E-state index < -0.39 is 29.9 Å². The zero-order valence-corrected chi connectivity index (χ0v) is 30.8. The molecule has 0 aromatic heterocycles. The highest BCUT2D eigenvalue weighted by Crippen LogP contribution is 2.19. The number of amides is 4. The SMILES string of the molecule is NCCCCNC(=O)[C@H](Cc1ccc2ccccc2c1)NC(=O)[C@H](Cc1ccc2ccccc2c1)NC(=O)[C@@H](Cc1ccccc1)NC(=O)CCCCN. The smallest absolute Gasteiger partial charge is 0.243 e. The van der Waals surface area contributed by atoms with Crippen molar-refractivity contribution in [3.63, 3.8) is 0 Å². The zero-order chi connectivity index (χ0) is 38.1. The molecule has 0 saturated heterocycles. The second-order valence-electron chi connectivity index (χ2n) is 13.7. The average Bonchev–Trinajstić information content (AvgIpc) is 3.19. The van der Waals surface area contributed by atoms with Crippen LogP contribution in [0.3, 0.4) is 0 Å². The summed E-state index contributed by atoms with van der Waals surface area (Å²) in [5.41, 5.74) is 13.9. The first-order valence-corrected chi connectivity index (χ1v) is 18.9. The first kappa shape index (κ1) is 39.6. The summed E-state index contributed by atoms with van der Waals surface area (Å²) in [5.74, 6) is -1.59. The molecule has 10 heteroatoms. The third-order valence-corrected chi connectivity index (χ3v) is 9.50. The minimum Gasteiger partial charge on any atom is -0.354 e. The monoisotopic (exact) mass is 728 g/mol. The highest BCUT2D eigenvalue weighted by atomic mass is 16.2. The second-order valence-corrected chi connectivity index (χ2v) is 13.7. The Balaban J connectivity index is 1.42. The molecule has 3 atom stereocenters. The molecular formula is C44H52N6O4. The molecule has 54 heavy (non-hydrogen) atoms. The van der Waals surface area contributed by atoms with Gasteiger partial charge in [-0.1, -0.05) is 115 Å². The van der Waals surface area contributed by atoms with Crippen molar-refractivity contribution < 1.29 is 19.2 Å². The predicted octanol–water partition coefficient (Wildman–Crippen LogP) is 4.46. The van der Waals surface area contributed by atoms with E-state index in [1.807, 2.05) is 115 Å². The molecule has 5 aromatic rings. The van der Waals surface area contributed by atoms with Crippen LogP contribution in [0.2, 0.25) is 0 Å². The van der Waals surface area contributed by atoms with Crippen molar-refractivity contribution in [2.45, 2.75) is 69.5 Å². The third-order valence-electron chi connectivity index (χ3n) is 9.50. The van der Waals surface area contributed by atoms with Crippen LogP contribution in [-0.2, 0) is 38.4 Å². The van der Waals surface area contributed by atoms with Crippen molar-refractivity contribution in [3.8, 4) is 0 Å².